The van der Waals surface area contributed by atoms with E-state index in [9.17, 15) is 0 Å². The largest absolute Gasteiger partial charge is 0.359 e. The van der Waals surface area contributed by atoms with Gasteiger partial charge in [-0.1, -0.05) is 45.4 Å². The Balaban J connectivity index is 1.86. The zero-order valence-corrected chi connectivity index (χ0v) is 11.6. The molecule has 1 aliphatic heterocycles. The predicted octanol–water partition coefficient (Wildman–Crippen LogP) is 3.28. The van der Waals surface area contributed by atoms with E-state index in [4.69, 9.17) is 4.99 Å². The van der Waals surface area contributed by atoms with Crippen molar-refractivity contribution in [2.45, 2.75) is 52.0 Å². The molecule has 1 heterocycles. The third-order valence-electron chi connectivity index (χ3n) is 4.08. The Morgan fingerprint density at radius 1 is 1.31 bits per heavy atom. The van der Waals surface area contributed by atoms with Crippen molar-refractivity contribution < 1.29 is 0 Å². The summed E-state index contributed by atoms with van der Waals surface area (Å²) in [5, 5.41) is 4.88. The lowest BCUT2D eigenvalue weighted by atomic mass is 9.99. The molecule has 0 aromatic heterocycles. The van der Waals surface area contributed by atoms with Gasteiger partial charge < -0.3 is 5.32 Å². The van der Waals surface area contributed by atoms with Crippen LogP contribution in [0.5, 0.6) is 0 Å². The van der Waals surface area contributed by atoms with Crippen molar-refractivity contribution >= 4 is 16.9 Å². The smallest absolute Gasteiger partial charge is 0.157 e. The predicted molar refractivity (Wildman–Crippen MR) is 73.1 cm³/mol. The van der Waals surface area contributed by atoms with E-state index < -0.39 is 0 Å². The van der Waals surface area contributed by atoms with Crippen LogP contribution in [0.15, 0.2) is 4.99 Å². The maximum absolute atomic E-state index is 4.73. The molecule has 1 saturated heterocycles. The van der Waals surface area contributed by atoms with Gasteiger partial charge in [-0.2, -0.15) is 0 Å². The number of nitrogens with zero attached hydrogens (tertiary/aromatic N) is 1. The van der Waals surface area contributed by atoms with Crippen LogP contribution in [0.3, 0.4) is 0 Å². The van der Waals surface area contributed by atoms with Crippen LogP contribution in [0.4, 0.5) is 0 Å². The number of amidine groups is 1. The van der Waals surface area contributed by atoms with E-state index in [2.05, 4.69) is 26.1 Å². The van der Waals surface area contributed by atoms with Crippen molar-refractivity contribution in [3.8, 4) is 0 Å². The van der Waals surface area contributed by atoms with Gasteiger partial charge in [0, 0.05) is 17.8 Å². The summed E-state index contributed by atoms with van der Waals surface area (Å²) in [6, 6.07) is 0. The van der Waals surface area contributed by atoms with Crippen LogP contribution in [0.2, 0.25) is 0 Å². The minimum absolute atomic E-state index is 0.421. The van der Waals surface area contributed by atoms with E-state index in [1.807, 2.05) is 11.8 Å². The van der Waals surface area contributed by atoms with E-state index >= 15 is 0 Å². The molecular formula is C13H24N2S. The number of hydrogen-bond donors (Lipinski definition) is 1. The Morgan fingerprint density at radius 2 is 2.00 bits per heavy atom. The van der Waals surface area contributed by atoms with Gasteiger partial charge in [-0.3, -0.25) is 4.99 Å². The lowest BCUT2D eigenvalue weighted by Crippen LogP contribution is -2.40. The molecule has 1 spiro atoms. The second-order valence-corrected chi connectivity index (χ2v) is 6.73. The van der Waals surface area contributed by atoms with Crippen LogP contribution >= 0.6 is 11.8 Å². The molecule has 92 valence electrons. The van der Waals surface area contributed by atoms with Gasteiger partial charge in [0.15, 0.2) is 5.17 Å². The van der Waals surface area contributed by atoms with Crippen molar-refractivity contribution in [3.05, 3.63) is 0 Å². The number of rotatable bonds is 3. The summed E-state index contributed by atoms with van der Waals surface area (Å²) in [7, 11) is 0. The number of aliphatic imine (C=N–C) groups is 1. The molecule has 1 N–H and O–H groups in total. The molecule has 1 atom stereocenters. The Kier molecular flexibility index (Phi) is 3.83. The first-order valence-electron chi connectivity index (χ1n) is 6.57. The van der Waals surface area contributed by atoms with E-state index in [0.717, 1.165) is 12.5 Å². The molecule has 2 aliphatic rings. The Labute approximate surface area is 104 Å². The topological polar surface area (TPSA) is 24.4 Å². The minimum Gasteiger partial charge on any atom is -0.359 e. The van der Waals surface area contributed by atoms with E-state index in [1.165, 1.54) is 36.6 Å². The first-order valence-corrected chi connectivity index (χ1v) is 7.55. The SMILES string of the molecule is CC(C)C(C)CN=C1NC2(CCCC2)CS1. The van der Waals surface area contributed by atoms with Gasteiger partial charge in [-0.05, 0) is 24.7 Å². The first kappa shape index (κ1) is 12.3. The van der Waals surface area contributed by atoms with Crippen molar-refractivity contribution in [1.29, 1.82) is 0 Å². The molecule has 1 aliphatic carbocycles. The minimum atomic E-state index is 0.421. The normalized spacial score (nSPS) is 27.9. The molecule has 1 unspecified atom stereocenters. The quantitative estimate of drug-likeness (QED) is 0.818. The zero-order valence-electron chi connectivity index (χ0n) is 10.8. The van der Waals surface area contributed by atoms with Crippen molar-refractivity contribution in [3.63, 3.8) is 0 Å². The molecule has 0 bridgehead atoms. The lowest BCUT2D eigenvalue weighted by Gasteiger charge is -2.22. The maximum atomic E-state index is 4.73. The molecular weight excluding hydrogens is 216 g/mol. The fourth-order valence-corrected chi connectivity index (χ4v) is 3.58. The van der Waals surface area contributed by atoms with Crippen LogP contribution < -0.4 is 5.32 Å². The highest BCUT2D eigenvalue weighted by atomic mass is 32.2. The number of thioether (sulfide) groups is 1. The van der Waals surface area contributed by atoms with E-state index in [1.54, 1.807) is 0 Å². The van der Waals surface area contributed by atoms with Crippen molar-refractivity contribution in [1.82, 2.24) is 5.32 Å². The monoisotopic (exact) mass is 240 g/mol. The molecule has 0 amide bonds. The molecule has 0 radical (unpaired) electrons. The molecule has 0 aromatic rings. The summed E-state index contributed by atoms with van der Waals surface area (Å²) in [4.78, 5) is 4.73. The van der Waals surface area contributed by atoms with Gasteiger partial charge in [0.2, 0.25) is 0 Å². The summed E-state index contributed by atoms with van der Waals surface area (Å²) in [6.45, 7) is 7.82. The fraction of sp³-hybridized carbons (Fsp3) is 0.923. The third kappa shape index (κ3) is 2.73. The fourth-order valence-electron chi connectivity index (χ4n) is 2.35. The van der Waals surface area contributed by atoms with Crippen LogP contribution in [-0.4, -0.2) is 23.0 Å². The molecule has 16 heavy (non-hydrogen) atoms. The second-order valence-electron chi connectivity index (χ2n) is 5.77. The Morgan fingerprint density at radius 3 is 2.62 bits per heavy atom. The van der Waals surface area contributed by atoms with Gasteiger partial charge in [0.05, 0.1) is 0 Å². The Hall–Kier alpha value is -0.180. The van der Waals surface area contributed by atoms with Crippen LogP contribution in [0.1, 0.15) is 46.5 Å². The number of nitrogens with one attached hydrogen (secondary N) is 1. The summed E-state index contributed by atoms with van der Waals surface area (Å²) < 4.78 is 0. The van der Waals surface area contributed by atoms with Gasteiger partial charge >= 0.3 is 0 Å². The zero-order chi connectivity index (χ0) is 11.6. The molecule has 2 rings (SSSR count). The third-order valence-corrected chi connectivity index (χ3v) is 5.28. The van der Waals surface area contributed by atoms with Crippen molar-refractivity contribution in [2.75, 3.05) is 12.3 Å². The highest BCUT2D eigenvalue weighted by Gasteiger charge is 2.39. The summed E-state index contributed by atoms with van der Waals surface area (Å²) in [5.41, 5.74) is 0.421. The van der Waals surface area contributed by atoms with E-state index in [-0.39, 0.29) is 0 Å². The number of hydrogen-bond acceptors (Lipinski definition) is 2. The molecule has 1 saturated carbocycles. The Bertz CT molecular complexity index is 267. The molecule has 3 heteroatoms. The average molecular weight is 240 g/mol. The average Bonchev–Trinajstić information content (AvgIpc) is 2.86. The molecule has 2 nitrogen and oxygen atoms in total. The lowest BCUT2D eigenvalue weighted by molar-refractivity contribution is 0.426. The van der Waals surface area contributed by atoms with Crippen LogP contribution in [0.25, 0.3) is 0 Å². The van der Waals surface area contributed by atoms with Gasteiger partial charge in [-0.15, -0.1) is 0 Å². The summed E-state index contributed by atoms with van der Waals surface area (Å²) >= 11 is 1.93. The first-order chi connectivity index (χ1) is 7.61. The standard InChI is InChI=1S/C13H24N2S/c1-10(2)11(3)8-14-12-15-13(9-16-12)6-4-5-7-13/h10-11H,4-9H2,1-3H3,(H,14,15). The van der Waals surface area contributed by atoms with Crippen LogP contribution in [0, 0.1) is 11.8 Å². The van der Waals surface area contributed by atoms with Gasteiger partial charge in [0.1, 0.15) is 0 Å². The van der Waals surface area contributed by atoms with Crippen LogP contribution in [-0.2, 0) is 0 Å². The summed E-state index contributed by atoms with van der Waals surface area (Å²) in [6.07, 6.45) is 5.48. The van der Waals surface area contributed by atoms with Gasteiger partial charge in [0.25, 0.3) is 0 Å². The molecule has 2 fully saturated rings. The van der Waals surface area contributed by atoms with Gasteiger partial charge in [-0.25, -0.2) is 0 Å². The maximum Gasteiger partial charge on any atom is 0.157 e. The highest BCUT2D eigenvalue weighted by molar-refractivity contribution is 8.14. The molecule has 0 aromatic carbocycles. The highest BCUT2D eigenvalue weighted by Crippen LogP contribution is 2.37. The van der Waals surface area contributed by atoms with E-state index in [0.29, 0.717) is 11.5 Å². The summed E-state index contributed by atoms with van der Waals surface area (Å²) in [5.74, 6) is 2.66. The second kappa shape index (κ2) is 4.99. The van der Waals surface area contributed by atoms with Crippen molar-refractivity contribution in [2.24, 2.45) is 16.8 Å².